The van der Waals surface area contributed by atoms with Gasteiger partial charge in [0.1, 0.15) is 0 Å². The summed E-state index contributed by atoms with van der Waals surface area (Å²) in [5.41, 5.74) is 3.41. The second-order valence-electron chi connectivity index (χ2n) is 6.71. The van der Waals surface area contributed by atoms with Gasteiger partial charge in [0.2, 0.25) is 0 Å². The Bertz CT molecular complexity index is 925. The van der Waals surface area contributed by atoms with Gasteiger partial charge in [0.15, 0.2) is 23.1 Å². The van der Waals surface area contributed by atoms with E-state index in [1.54, 1.807) is 6.26 Å². The summed E-state index contributed by atoms with van der Waals surface area (Å²) in [6.45, 7) is 7.78. The van der Waals surface area contributed by atoms with Crippen LogP contribution in [0.1, 0.15) is 30.7 Å². The van der Waals surface area contributed by atoms with Crippen molar-refractivity contribution in [2.75, 3.05) is 19.8 Å². The minimum atomic E-state index is 0.614. The van der Waals surface area contributed by atoms with Gasteiger partial charge in [-0.05, 0) is 32.0 Å². The molecule has 3 aromatic rings. The van der Waals surface area contributed by atoms with Crippen molar-refractivity contribution < 1.29 is 13.9 Å². The average molecular weight is 379 g/mol. The SMILES string of the molecule is CCOc1cccc(CN2CCc3nc(-c4ccco4)ncc3C2)c1OCC. The molecule has 0 saturated heterocycles. The number of furan rings is 1. The highest BCUT2D eigenvalue weighted by Gasteiger charge is 2.21. The molecule has 6 nitrogen and oxygen atoms in total. The molecule has 2 aromatic heterocycles. The molecule has 1 aliphatic heterocycles. The summed E-state index contributed by atoms with van der Waals surface area (Å²) in [6, 6.07) is 9.84. The highest BCUT2D eigenvalue weighted by molar-refractivity contribution is 5.48. The van der Waals surface area contributed by atoms with Crippen LogP contribution in [0.2, 0.25) is 0 Å². The normalized spacial score (nSPS) is 13.9. The number of para-hydroxylation sites is 1. The summed E-state index contributed by atoms with van der Waals surface area (Å²) in [5, 5.41) is 0. The van der Waals surface area contributed by atoms with Crippen molar-refractivity contribution in [3.63, 3.8) is 0 Å². The lowest BCUT2D eigenvalue weighted by atomic mass is 10.1. The van der Waals surface area contributed by atoms with E-state index in [4.69, 9.17) is 18.9 Å². The smallest absolute Gasteiger partial charge is 0.195 e. The zero-order chi connectivity index (χ0) is 19.3. The molecule has 1 aromatic carbocycles. The van der Waals surface area contributed by atoms with Crippen molar-refractivity contribution in [2.24, 2.45) is 0 Å². The number of rotatable bonds is 7. The van der Waals surface area contributed by atoms with Gasteiger partial charge < -0.3 is 13.9 Å². The maximum Gasteiger partial charge on any atom is 0.195 e. The molecule has 0 saturated carbocycles. The maximum absolute atomic E-state index is 5.90. The molecule has 0 atom stereocenters. The second-order valence-corrected chi connectivity index (χ2v) is 6.71. The van der Waals surface area contributed by atoms with Gasteiger partial charge in [0.05, 0.1) is 25.2 Å². The topological polar surface area (TPSA) is 60.6 Å². The number of nitrogens with zero attached hydrogens (tertiary/aromatic N) is 3. The maximum atomic E-state index is 5.90. The van der Waals surface area contributed by atoms with Gasteiger partial charge in [-0.25, -0.2) is 9.97 Å². The zero-order valence-electron chi connectivity index (χ0n) is 16.4. The number of hydrogen-bond donors (Lipinski definition) is 0. The Hall–Kier alpha value is -2.86. The molecular formula is C22H25N3O3. The van der Waals surface area contributed by atoms with Crippen molar-refractivity contribution in [3.05, 3.63) is 59.6 Å². The Morgan fingerprint density at radius 1 is 1.11 bits per heavy atom. The largest absolute Gasteiger partial charge is 0.490 e. The molecule has 28 heavy (non-hydrogen) atoms. The highest BCUT2D eigenvalue weighted by Crippen LogP contribution is 2.33. The zero-order valence-corrected chi connectivity index (χ0v) is 16.4. The Morgan fingerprint density at radius 3 is 2.79 bits per heavy atom. The molecule has 3 heterocycles. The van der Waals surface area contributed by atoms with Crippen LogP contribution in [0.15, 0.2) is 47.2 Å². The quantitative estimate of drug-likeness (QED) is 0.616. The van der Waals surface area contributed by atoms with Gasteiger partial charge in [-0.15, -0.1) is 0 Å². The van der Waals surface area contributed by atoms with Gasteiger partial charge in [0.25, 0.3) is 0 Å². The van der Waals surface area contributed by atoms with Crippen LogP contribution in [-0.2, 0) is 19.5 Å². The minimum Gasteiger partial charge on any atom is -0.490 e. The first-order chi connectivity index (χ1) is 13.8. The molecule has 0 radical (unpaired) electrons. The Balaban J connectivity index is 1.52. The lowest BCUT2D eigenvalue weighted by Crippen LogP contribution is -2.31. The molecule has 0 fully saturated rings. The molecule has 0 aliphatic carbocycles. The first-order valence-corrected chi connectivity index (χ1v) is 9.77. The van der Waals surface area contributed by atoms with Crippen molar-refractivity contribution in [1.82, 2.24) is 14.9 Å². The third-order valence-electron chi connectivity index (χ3n) is 4.80. The molecule has 0 unspecified atom stereocenters. The van der Waals surface area contributed by atoms with Crippen LogP contribution < -0.4 is 9.47 Å². The summed E-state index contributed by atoms with van der Waals surface area (Å²) >= 11 is 0. The third kappa shape index (κ3) is 3.87. The summed E-state index contributed by atoms with van der Waals surface area (Å²) in [6.07, 6.45) is 4.46. The Kier molecular flexibility index (Phi) is 5.58. The molecule has 4 rings (SSSR count). The number of ether oxygens (including phenoxy) is 2. The summed E-state index contributed by atoms with van der Waals surface area (Å²) in [4.78, 5) is 11.6. The first-order valence-electron chi connectivity index (χ1n) is 9.77. The van der Waals surface area contributed by atoms with E-state index in [2.05, 4.69) is 16.0 Å². The van der Waals surface area contributed by atoms with E-state index in [0.717, 1.165) is 48.8 Å². The molecule has 0 N–H and O–H groups in total. The first kappa shape index (κ1) is 18.5. The van der Waals surface area contributed by atoms with Gasteiger partial charge >= 0.3 is 0 Å². The van der Waals surface area contributed by atoms with Crippen LogP contribution in [0, 0.1) is 0 Å². The summed E-state index contributed by atoms with van der Waals surface area (Å²) in [7, 11) is 0. The van der Waals surface area contributed by atoms with Gasteiger partial charge in [-0.3, -0.25) is 4.90 Å². The lowest BCUT2D eigenvalue weighted by Gasteiger charge is -2.28. The van der Waals surface area contributed by atoms with E-state index in [-0.39, 0.29) is 0 Å². The molecule has 6 heteroatoms. The standard InChI is InChI=1S/C22H25N3O3/c1-3-26-19-8-5-7-16(21(19)27-4-2)14-25-11-10-18-17(15-25)13-23-22(24-18)20-9-6-12-28-20/h5-9,12-13H,3-4,10-11,14-15H2,1-2H3. The van der Waals surface area contributed by atoms with E-state index in [1.807, 2.05) is 44.3 Å². The molecule has 146 valence electrons. The number of aromatic nitrogens is 2. The molecular weight excluding hydrogens is 354 g/mol. The van der Waals surface area contributed by atoms with Crippen LogP contribution >= 0.6 is 0 Å². The highest BCUT2D eigenvalue weighted by atomic mass is 16.5. The van der Waals surface area contributed by atoms with Crippen LogP contribution in [0.4, 0.5) is 0 Å². The molecule has 0 amide bonds. The molecule has 0 bridgehead atoms. The Labute approximate surface area is 165 Å². The van der Waals surface area contributed by atoms with Gasteiger partial charge in [-0.2, -0.15) is 0 Å². The van der Waals surface area contributed by atoms with E-state index in [0.29, 0.717) is 24.8 Å². The van der Waals surface area contributed by atoms with Gasteiger partial charge in [0, 0.05) is 43.4 Å². The Morgan fingerprint density at radius 2 is 2.00 bits per heavy atom. The number of benzene rings is 1. The fraction of sp³-hybridized carbons (Fsp3) is 0.364. The van der Waals surface area contributed by atoms with Crippen LogP contribution in [-0.4, -0.2) is 34.6 Å². The third-order valence-corrected chi connectivity index (χ3v) is 4.80. The van der Waals surface area contributed by atoms with Crippen LogP contribution in [0.25, 0.3) is 11.6 Å². The van der Waals surface area contributed by atoms with E-state index < -0.39 is 0 Å². The van der Waals surface area contributed by atoms with Crippen molar-refractivity contribution in [1.29, 1.82) is 0 Å². The van der Waals surface area contributed by atoms with Crippen LogP contribution in [0.5, 0.6) is 11.5 Å². The van der Waals surface area contributed by atoms with E-state index in [9.17, 15) is 0 Å². The molecule has 0 spiro atoms. The fourth-order valence-corrected chi connectivity index (χ4v) is 3.54. The van der Waals surface area contributed by atoms with E-state index in [1.165, 1.54) is 5.56 Å². The fourth-order valence-electron chi connectivity index (χ4n) is 3.54. The average Bonchev–Trinajstić information content (AvgIpc) is 3.25. The minimum absolute atomic E-state index is 0.614. The van der Waals surface area contributed by atoms with Crippen molar-refractivity contribution in [3.8, 4) is 23.1 Å². The second kappa shape index (κ2) is 8.44. The monoisotopic (exact) mass is 379 g/mol. The summed E-state index contributed by atoms with van der Waals surface area (Å²) < 4.78 is 17.1. The predicted molar refractivity (Wildman–Crippen MR) is 106 cm³/mol. The van der Waals surface area contributed by atoms with Crippen LogP contribution in [0.3, 0.4) is 0 Å². The van der Waals surface area contributed by atoms with E-state index >= 15 is 0 Å². The van der Waals surface area contributed by atoms with Crippen molar-refractivity contribution in [2.45, 2.75) is 33.4 Å². The lowest BCUT2D eigenvalue weighted by molar-refractivity contribution is 0.233. The van der Waals surface area contributed by atoms with Crippen molar-refractivity contribution >= 4 is 0 Å². The van der Waals surface area contributed by atoms with Gasteiger partial charge in [-0.1, -0.05) is 12.1 Å². The number of hydrogen-bond acceptors (Lipinski definition) is 6. The number of fused-ring (bicyclic) bond motifs is 1. The summed E-state index contributed by atoms with van der Waals surface area (Å²) in [5.74, 6) is 3.02. The molecule has 1 aliphatic rings. The predicted octanol–water partition coefficient (Wildman–Crippen LogP) is 4.09.